The number of nitrogens with zero attached hydrogens (tertiary/aromatic N) is 8. The van der Waals surface area contributed by atoms with E-state index in [1.54, 1.807) is 11.0 Å². The number of carbonyl (C=O) groups excluding carboxylic acids is 1. The van der Waals surface area contributed by atoms with Gasteiger partial charge in [-0.3, -0.25) is 4.79 Å². The van der Waals surface area contributed by atoms with Gasteiger partial charge in [-0.15, -0.1) is 5.10 Å². The van der Waals surface area contributed by atoms with Gasteiger partial charge in [0, 0.05) is 42.7 Å². The molecule has 0 bridgehead atoms. The first-order valence-corrected chi connectivity index (χ1v) is 14.9. The Hall–Kier alpha value is -4.07. The van der Waals surface area contributed by atoms with Crippen molar-refractivity contribution in [1.82, 2.24) is 29.8 Å². The fraction of sp³-hybridized carbons (Fsp3) is 0.406. The van der Waals surface area contributed by atoms with Crippen LogP contribution in [0.1, 0.15) is 36.4 Å². The summed E-state index contributed by atoms with van der Waals surface area (Å²) in [7, 11) is 4.09. The Morgan fingerprint density at radius 3 is 2.74 bits per heavy atom. The largest absolute Gasteiger partial charge is 0.351 e. The molecule has 2 fully saturated rings. The molecule has 4 heterocycles. The van der Waals surface area contributed by atoms with Gasteiger partial charge in [0.1, 0.15) is 11.0 Å². The lowest BCUT2D eigenvalue weighted by Crippen LogP contribution is -2.57. The Bertz CT molecular complexity index is 1810. The lowest BCUT2D eigenvalue weighted by atomic mass is 9.94. The van der Waals surface area contributed by atoms with E-state index in [1.807, 2.05) is 50.8 Å². The second-order valence-electron chi connectivity index (χ2n) is 11.8. The molecule has 0 radical (unpaired) electrons. The van der Waals surface area contributed by atoms with Gasteiger partial charge in [-0.2, -0.15) is 5.26 Å². The van der Waals surface area contributed by atoms with Gasteiger partial charge in [0.2, 0.25) is 5.91 Å². The fourth-order valence-electron chi connectivity index (χ4n) is 6.41. The number of nitriles is 1. The quantitative estimate of drug-likeness (QED) is 0.272. The Balaban J connectivity index is 1.55. The lowest BCUT2D eigenvalue weighted by Gasteiger charge is -2.43. The van der Waals surface area contributed by atoms with Crippen LogP contribution in [0.5, 0.6) is 0 Å². The molecule has 2 saturated heterocycles. The Morgan fingerprint density at radius 2 is 2.05 bits per heavy atom. The summed E-state index contributed by atoms with van der Waals surface area (Å²) in [5.74, 6) is -0.0847. The van der Waals surface area contributed by atoms with Gasteiger partial charge in [0.05, 0.1) is 23.6 Å². The third-order valence-corrected chi connectivity index (χ3v) is 9.45. The van der Waals surface area contributed by atoms with Crippen molar-refractivity contribution in [1.29, 1.82) is 5.26 Å². The van der Waals surface area contributed by atoms with Crippen molar-refractivity contribution in [2.24, 2.45) is 0 Å². The number of aromatic nitrogens is 4. The molecule has 2 atom stereocenters. The van der Waals surface area contributed by atoms with Crippen LogP contribution in [-0.4, -0.2) is 81.5 Å². The van der Waals surface area contributed by atoms with Crippen LogP contribution in [0.4, 0.5) is 10.2 Å². The average molecular weight is 601 g/mol. The minimum atomic E-state index is -0.481. The number of benzene rings is 2. The van der Waals surface area contributed by atoms with Gasteiger partial charge in [-0.25, -0.2) is 14.1 Å². The molecular weight excluding hydrogens is 567 g/mol. The molecule has 0 unspecified atom stereocenters. The fourth-order valence-corrected chi connectivity index (χ4v) is 6.70. The van der Waals surface area contributed by atoms with Crippen LogP contribution < -0.4 is 4.90 Å². The van der Waals surface area contributed by atoms with Crippen LogP contribution in [0.3, 0.4) is 0 Å². The van der Waals surface area contributed by atoms with E-state index in [-0.39, 0.29) is 35.0 Å². The summed E-state index contributed by atoms with van der Waals surface area (Å²) < 4.78 is 18.6. The second kappa shape index (κ2) is 11.2. The Kier molecular flexibility index (Phi) is 7.57. The first kappa shape index (κ1) is 29.0. The van der Waals surface area contributed by atoms with Crippen molar-refractivity contribution >= 4 is 45.3 Å². The van der Waals surface area contributed by atoms with Crippen LogP contribution in [0.15, 0.2) is 36.9 Å². The highest BCUT2D eigenvalue weighted by Gasteiger charge is 2.36. The van der Waals surface area contributed by atoms with Gasteiger partial charge < -0.3 is 14.7 Å². The minimum Gasteiger partial charge on any atom is -0.351 e. The predicted octanol–water partition coefficient (Wildman–Crippen LogP) is 5.44. The number of likely N-dealkylation sites (tertiary alicyclic amines) is 1. The van der Waals surface area contributed by atoms with Gasteiger partial charge in [-0.1, -0.05) is 41.6 Å². The molecule has 2 aliphatic rings. The van der Waals surface area contributed by atoms with E-state index in [0.29, 0.717) is 53.2 Å². The molecule has 1 amide bonds. The third kappa shape index (κ3) is 4.81. The van der Waals surface area contributed by atoms with E-state index in [1.165, 1.54) is 6.08 Å². The zero-order valence-corrected chi connectivity index (χ0v) is 25.6. The number of anilines is 1. The topological polar surface area (TPSA) is 94.2 Å². The van der Waals surface area contributed by atoms with Crippen molar-refractivity contribution in [2.45, 2.75) is 51.2 Å². The summed E-state index contributed by atoms with van der Waals surface area (Å²) in [6.07, 6.45) is 2.58. The number of hydrogen-bond acceptors (Lipinski definition) is 7. The molecule has 4 aromatic rings. The first-order chi connectivity index (χ1) is 20.6. The third-order valence-electron chi connectivity index (χ3n) is 9.16. The van der Waals surface area contributed by atoms with Gasteiger partial charge >= 0.3 is 0 Å². The van der Waals surface area contributed by atoms with E-state index >= 15 is 4.39 Å². The highest BCUT2D eigenvalue weighted by Crippen LogP contribution is 2.42. The normalized spacial score (nSPS) is 19.2. The number of carbonyl (C=O) groups is 1. The molecule has 0 spiro atoms. The number of aryl methyl sites for hydroxylation is 1. The summed E-state index contributed by atoms with van der Waals surface area (Å²) >= 11 is 6.88. The van der Waals surface area contributed by atoms with Gasteiger partial charge in [0.25, 0.3) is 0 Å². The number of amides is 1. The highest BCUT2D eigenvalue weighted by molar-refractivity contribution is 6.34. The van der Waals surface area contributed by atoms with E-state index in [0.717, 1.165) is 29.8 Å². The number of pyridine rings is 1. The van der Waals surface area contributed by atoms with Crippen molar-refractivity contribution in [3.05, 3.63) is 58.9 Å². The second-order valence-corrected chi connectivity index (χ2v) is 12.2. The van der Waals surface area contributed by atoms with Crippen LogP contribution in [0.25, 0.3) is 33.1 Å². The van der Waals surface area contributed by atoms with Gasteiger partial charge in [0.15, 0.2) is 17.2 Å². The molecule has 9 nitrogen and oxygen atoms in total. The van der Waals surface area contributed by atoms with Crippen molar-refractivity contribution in [3.8, 4) is 17.2 Å². The number of piperidine rings is 1. The Morgan fingerprint density at radius 1 is 1.28 bits per heavy atom. The van der Waals surface area contributed by atoms with Crippen molar-refractivity contribution < 1.29 is 9.18 Å². The molecule has 222 valence electrons. The van der Waals surface area contributed by atoms with Gasteiger partial charge in [-0.05, 0) is 69.6 Å². The number of halogens is 2. The Labute approximate surface area is 255 Å². The molecule has 0 N–H and O–H groups in total. The SMILES string of the molecule is C=CC(=O)N1CC[C@H](n2nnc3c(N4CC(N(C)C)C4)nc4c(F)c(-c5cccc(C)c5C)c(Cl)cc4c32)C[C@H]1CC#N. The molecule has 6 rings (SSSR count). The smallest absolute Gasteiger partial charge is 0.246 e. The maximum Gasteiger partial charge on any atom is 0.246 e. The standard InChI is InChI=1S/C32H34ClFN8O/c1-6-26(43)41-13-11-21(14-20(41)10-12-35)42-31-24-15-25(33)27(23-9-7-8-18(2)19(23)3)28(34)29(24)36-32(30(31)37-38-42)40-16-22(17-40)39(4)5/h6-9,15,20-22H,1,10-11,13-14,16-17H2,2-5H3/t20-,21+/m1/s1. The first-order valence-electron chi connectivity index (χ1n) is 14.5. The van der Waals surface area contributed by atoms with Crippen LogP contribution in [-0.2, 0) is 4.79 Å². The zero-order valence-electron chi connectivity index (χ0n) is 24.8. The molecule has 2 aliphatic heterocycles. The summed E-state index contributed by atoms with van der Waals surface area (Å²) in [4.78, 5) is 23.4. The van der Waals surface area contributed by atoms with Crippen LogP contribution >= 0.6 is 11.6 Å². The number of rotatable bonds is 6. The molecule has 0 aliphatic carbocycles. The summed E-state index contributed by atoms with van der Waals surface area (Å²) in [6, 6.07) is 9.66. The average Bonchev–Trinajstić information content (AvgIpc) is 3.40. The predicted molar refractivity (Wildman–Crippen MR) is 167 cm³/mol. The van der Waals surface area contributed by atoms with E-state index in [9.17, 15) is 10.1 Å². The van der Waals surface area contributed by atoms with E-state index < -0.39 is 5.82 Å². The maximum atomic E-state index is 16.7. The maximum absolute atomic E-state index is 16.7. The number of hydrogen-bond donors (Lipinski definition) is 0. The summed E-state index contributed by atoms with van der Waals surface area (Å²) in [6.45, 7) is 9.50. The molecular formula is C32H34ClFN8O. The summed E-state index contributed by atoms with van der Waals surface area (Å²) in [5, 5.41) is 19.5. The molecule has 43 heavy (non-hydrogen) atoms. The summed E-state index contributed by atoms with van der Waals surface area (Å²) in [5.41, 5.74) is 4.51. The van der Waals surface area contributed by atoms with Crippen LogP contribution in [0.2, 0.25) is 5.02 Å². The number of fused-ring (bicyclic) bond motifs is 3. The highest BCUT2D eigenvalue weighted by atomic mass is 35.5. The molecule has 2 aromatic heterocycles. The van der Waals surface area contributed by atoms with E-state index in [2.05, 4.69) is 32.8 Å². The number of likely N-dealkylation sites (N-methyl/N-ethyl adjacent to an activating group) is 1. The minimum absolute atomic E-state index is 0.165. The molecule has 0 saturated carbocycles. The lowest BCUT2D eigenvalue weighted by molar-refractivity contribution is -0.130. The van der Waals surface area contributed by atoms with E-state index in [4.69, 9.17) is 16.6 Å². The van der Waals surface area contributed by atoms with Crippen molar-refractivity contribution in [2.75, 3.05) is 38.6 Å². The molecule has 11 heteroatoms. The van der Waals surface area contributed by atoms with Crippen LogP contribution in [0, 0.1) is 31.0 Å². The monoisotopic (exact) mass is 600 g/mol. The zero-order chi connectivity index (χ0) is 30.6. The van der Waals surface area contributed by atoms with Crippen molar-refractivity contribution in [3.63, 3.8) is 0 Å². The molecule has 2 aromatic carbocycles.